The van der Waals surface area contributed by atoms with E-state index in [0.29, 0.717) is 5.56 Å². The summed E-state index contributed by atoms with van der Waals surface area (Å²) >= 11 is 0. The van der Waals surface area contributed by atoms with Gasteiger partial charge in [0.25, 0.3) is 5.91 Å². The van der Waals surface area contributed by atoms with Gasteiger partial charge in [-0.15, -0.1) is 0 Å². The minimum atomic E-state index is -0.0342. The zero-order valence-corrected chi connectivity index (χ0v) is 11.6. The molecule has 2 rings (SSSR count). The predicted molar refractivity (Wildman–Crippen MR) is 78.2 cm³/mol. The van der Waals surface area contributed by atoms with E-state index in [-0.39, 0.29) is 11.9 Å². The van der Waals surface area contributed by atoms with Gasteiger partial charge < -0.3 is 5.32 Å². The molecule has 1 amide bonds. The lowest BCUT2D eigenvalue weighted by atomic mass is 10.1. The van der Waals surface area contributed by atoms with Gasteiger partial charge in [-0.05, 0) is 38.5 Å². The maximum absolute atomic E-state index is 12.1. The molecule has 98 valence electrons. The number of hydrogen-bond acceptors (Lipinski definition) is 1. The summed E-state index contributed by atoms with van der Waals surface area (Å²) in [4.78, 5) is 12.1. The highest BCUT2D eigenvalue weighted by Crippen LogP contribution is 2.14. The number of rotatable bonds is 3. The smallest absolute Gasteiger partial charge is 0.251 e. The van der Waals surface area contributed by atoms with Crippen molar-refractivity contribution in [1.29, 1.82) is 0 Å². The minimum Gasteiger partial charge on any atom is -0.346 e. The van der Waals surface area contributed by atoms with Crippen LogP contribution in [-0.4, -0.2) is 5.91 Å². The minimum absolute atomic E-state index is 0.00871. The molecule has 0 aliphatic rings. The quantitative estimate of drug-likeness (QED) is 0.885. The van der Waals surface area contributed by atoms with Gasteiger partial charge >= 0.3 is 0 Å². The van der Waals surface area contributed by atoms with E-state index in [1.165, 1.54) is 5.56 Å². The molecule has 1 N–H and O–H groups in total. The number of carbonyl (C=O) groups is 1. The van der Waals surface area contributed by atoms with Crippen molar-refractivity contribution in [3.05, 3.63) is 70.8 Å². The first-order valence-corrected chi connectivity index (χ1v) is 6.50. The van der Waals surface area contributed by atoms with E-state index in [9.17, 15) is 4.79 Å². The zero-order chi connectivity index (χ0) is 13.8. The molecule has 1 atom stereocenters. The van der Waals surface area contributed by atoms with E-state index in [0.717, 1.165) is 11.1 Å². The number of aryl methyl sites for hydroxylation is 2. The summed E-state index contributed by atoms with van der Waals surface area (Å²) in [6, 6.07) is 15.8. The monoisotopic (exact) mass is 253 g/mol. The Balaban J connectivity index is 2.06. The van der Waals surface area contributed by atoms with Crippen LogP contribution in [0.1, 0.15) is 40.0 Å². The van der Waals surface area contributed by atoms with E-state index in [1.807, 2.05) is 38.1 Å². The molecule has 2 aromatic rings. The molecule has 0 aliphatic heterocycles. The summed E-state index contributed by atoms with van der Waals surface area (Å²) in [5.41, 5.74) is 4.19. The standard InChI is InChI=1S/C17H19NO/c1-12-4-8-15(9-5-12)14(3)18-17(19)16-10-6-13(2)7-11-16/h4-11,14H,1-3H3,(H,18,19)/t14-/m1/s1. The Bertz CT molecular complexity index is 555. The SMILES string of the molecule is Cc1ccc(C(=O)N[C@H](C)c2ccc(C)cc2)cc1. The fourth-order valence-corrected chi connectivity index (χ4v) is 1.92. The van der Waals surface area contributed by atoms with Crippen LogP contribution >= 0.6 is 0 Å². The van der Waals surface area contributed by atoms with Crippen molar-refractivity contribution in [1.82, 2.24) is 5.32 Å². The molecule has 0 unspecified atom stereocenters. The second-order valence-electron chi connectivity index (χ2n) is 4.97. The second-order valence-corrected chi connectivity index (χ2v) is 4.97. The third kappa shape index (κ3) is 3.44. The van der Waals surface area contributed by atoms with Gasteiger partial charge in [0.1, 0.15) is 0 Å². The summed E-state index contributed by atoms with van der Waals surface area (Å²) in [5, 5.41) is 3.01. The van der Waals surface area contributed by atoms with Crippen LogP contribution in [0.25, 0.3) is 0 Å². The molecule has 0 aromatic heterocycles. The maximum atomic E-state index is 12.1. The lowest BCUT2D eigenvalue weighted by Crippen LogP contribution is -2.26. The van der Waals surface area contributed by atoms with Crippen molar-refractivity contribution < 1.29 is 4.79 Å². The van der Waals surface area contributed by atoms with Gasteiger partial charge in [0, 0.05) is 5.56 Å². The van der Waals surface area contributed by atoms with Crippen LogP contribution in [0.3, 0.4) is 0 Å². The molecule has 0 saturated heterocycles. The highest BCUT2D eigenvalue weighted by molar-refractivity contribution is 5.94. The van der Waals surface area contributed by atoms with Gasteiger partial charge in [-0.1, -0.05) is 47.5 Å². The Morgan fingerprint density at radius 2 is 1.37 bits per heavy atom. The lowest BCUT2D eigenvalue weighted by Gasteiger charge is -2.14. The van der Waals surface area contributed by atoms with Crippen LogP contribution in [0, 0.1) is 13.8 Å². The van der Waals surface area contributed by atoms with Gasteiger partial charge in [0.05, 0.1) is 6.04 Å². The summed E-state index contributed by atoms with van der Waals surface area (Å²) < 4.78 is 0. The first kappa shape index (κ1) is 13.3. The van der Waals surface area contributed by atoms with Gasteiger partial charge in [0.15, 0.2) is 0 Å². The normalized spacial score (nSPS) is 11.9. The maximum Gasteiger partial charge on any atom is 0.251 e. The van der Waals surface area contributed by atoms with Crippen molar-refractivity contribution in [3.8, 4) is 0 Å². The van der Waals surface area contributed by atoms with E-state index < -0.39 is 0 Å². The molecule has 0 radical (unpaired) electrons. The van der Waals surface area contributed by atoms with E-state index in [1.54, 1.807) is 0 Å². The molecule has 0 saturated carbocycles. The van der Waals surface area contributed by atoms with Gasteiger partial charge in [0.2, 0.25) is 0 Å². The largest absolute Gasteiger partial charge is 0.346 e. The first-order chi connectivity index (χ1) is 9.06. The number of carbonyl (C=O) groups excluding carboxylic acids is 1. The molecule has 0 bridgehead atoms. The summed E-state index contributed by atoms with van der Waals surface area (Å²) in [7, 11) is 0. The number of hydrogen-bond donors (Lipinski definition) is 1. The van der Waals surface area contributed by atoms with Crippen LogP contribution in [0.15, 0.2) is 48.5 Å². The van der Waals surface area contributed by atoms with Crippen molar-refractivity contribution in [2.24, 2.45) is 0 Å². The summed E-state index contributed by atoms with van der Waals surface area (Å²) in [5.74, 6) is -0.0342. The lowest BCUT2D eigenvalue weighted by molar-refractivity contribution is 0.0940. The molecule has 2 aromatic carbocycles. The van der Waals surface area contributed by atoms with Crippen molar-refractivity contribution >= 4 is 5.91 Å². The topological polar surface area (TPSA) is 29.1 Å². The molecule has 0 spiro atoms. The van der Waals surface area contributed by atoms with Gasteiger partial charge in [-0.2, -0.15) is 0 Å². The van der Waals surface area contributed by atoms with Crippen LogP contribution in [0.2, 0.25) is 0 Å². The van der Waals surface area contributed by atoms with Crippen LogP contribution < -0.4 is 5.32 Å². The molecule has 0 aliphatic carbocycles. The van der Waals surface area contributed by atoms with Crippen LogP contribution in [-0.2, 0) is 0 Å². The van der Waals surface area contributed by atoms with E-state index >= 15 is 0 Å². The average molecular weight is 253 g/mol. The zero-order valence-electron chi connectivity index (χ0n) is 11.6. The molecular weight excluding hydrogens is 234 g/mol. The van der Waals surface area contributed by atoms with Gasteiger partial charge in [-0.25, -0.2) is 0 Å². The van der Waals surface area contributed by atoms with Gasteiger partial charge in [-0.3, -0.25) is 4.79 Å². The number of nitrogens with one attached hydrogen (secondary N) is 1. The third-order valence-electron chi connectivity index (χ3n) is 3.24. The number of benzene rings is 2. The highest BCUT2D eigenvalue weighted by atomic mass is 16.1. The Kier molecular flexibility index (Phi) is 4.00. The van der Waals surface area contributed by atoms with Crippen LogP contribution in [0.4, 0.5) is 0 Å². The fraction of sp³-hybridized carbons (Fsp3) is 0.235. The molecule has 0 heterocycles. The highest BCUT2D eigenvalue weighted by Gasteiger charge is 2.10. The fourth-order valence-electron chi connectivity index (χ4n) is 1.92. The van der Waals surface area contributed by atoms with Crippen molar-refractivity contribution in [2.75, 3.05) is 0 Å². The Morgan fingerprint density at radius 3 is 1.89 bits per heavy atom. The summed E-state index contributed by atoms with van der Waals surface area (Å²) in [6.45, 7) is 6.06. The Labute approximate surface area is 114 Å². The summed E-state index contributed by atoms with van der Waals surface area (Å²) in [6.07, 6.45) is 0. The predicted octanol–water partition coefficient (Wildman–Crippen LogP) is 3.79. The van der Waals surface area contributed by atoms with E-state index in [4.69, 9.17) is 0 Å². The molecule has 2 heteroatoms. The van der Waals surface area contributed by atoms with Crippen molar-refractivity contribution in [2.45, 2.75) is 26.8 Å². The van der Waals surface area contributed by atoms with Crippen molar-refractivity contribution in [3.63, 3.8) is 0 Å². The molecule has 19 heavy (non-hydrogen) atoms. The Morgan fingerprint density at radius 1 is 0.895 bits per heavy atom. The molecular formula is C17H19NO. The second kappa shape index (κ2) is 5.70. The third-order valence-corrected chi connectivity index (χ3v) is 3.24. The average Bonchev–Trinajstić information content (AvgIpc) is 2.40. The van der Waals surface area contributed by atoms with E-state index in [2.05, 4.69) is 36.5 Å². The first-order valence-electron chi connectivity index (χ1n) is 6.50. The van der Waals surface area contributed by atoms with Crippen LogP contribution in [0.5, 0.6) is 0 Å². The molecule has 0 fully saturated rings. The Hall–Kier alpha value is -2.09. The number of amides is 1. The molecule has 2 nitrogen and oxygen atoms in total.